The van der Waals surface area contributed by atoms with E-state index in [1.807, 2.05) is 20.8 Å². The molecule has 0 radical (unpaired) electrons. The standard InChI is InChI=1S/C12H25NO4/c1-12(2,3)9-11(14)13-10-17-8-7-16-6-5-15-4/h5-10H2,1-4H3,(H,13,14). The number of nitrogens with one attached hydrogen (secondary N) is 1. The van der Waals surface area contributed by atoms with Gasteiger partial charge in [-0.2, -0.15) is 0 Å². The summed E-state index contributed by atoms with van der Waals surface area (Å²) in [5, 5.41) is 2.70. The minimum atomic E-state index is 0.00729. The Morgan fingerprint density at radius 2 is 1.65 bits per heavy atom. The number of ether oxygens (including phenoxy) is 3. The Morgan fingerprint density at radius 3 is 2.24 bits per heavy atom. The highest BCUT2D eigenvalue weighted by Crippen LogP contribution is 2.17. The van der Waals surface area contributed by atoms with Gasteiger partial charge in [0.15, 0.2) is 0 Å². The topological polar surface area (TPSA) is 56.8 Å². The number of rotatable bonds is 9. The smallest absolute Gasteiger partial charge is 0.222 e. The first-order valence-electron chi connectivity index (χ1n) is 5.87. The van der Waals surface area contributed by atoms with Crippen LogP contribution in [0, 0.1) is 5.41 Å². The van der Waals surface area contributed by atoms with Crippen LogP contribution in [0.25, 0.3) is 0 Å². The van der Waals surface area contributed by atoms with Crippen molar-refractivity contribution in [3.63, 3.8) is 0 Å². The van der Waals surface area contributed by atoms with Gasteiger partial charge in [0.05, 0.1) is 26.4 Å². The summed E-state index contributed by atoms with van der Waals surface area (Å²) in [6.45, 7) is 8.45. The summed E-state index contributed by atoms with van der Waals surface area (Å²) in [5.41, 5.74) is 0.00729. The molecule has 0 rings (SSSR count). The molecule has 1 amide bonds. The molecule has 0 saturated heterocycles. The van der Waals surface area contributed by atoms with Gasteiger partial charge in [-0.1, -0.05) is 20.8 Å². The van der Waals surface area contributed by atoms with Crippen LogP contribution in [0.15, 0.2) is 0 Å². The number of carbonyl (C=O) groups excluding carboxylic acids is 1. The average Bonchev–Trinajstić information content (AvgIpc) is 2.19. The third kappa shape index (κ3) is 13.3. The molecule has 0 aliphatic rings. The Balaban J connectivity index is 3.25. The molecule has 0 aromatic carbocycles. The molecule has 17 heavy (non-hydrogen) atoms. The molecular formula is C12H25NO4. The van der Waals surface area contributed by atoms with Gasteiger partial charge in [0, 0.05) is 13.5 Å². The highest BCUT2D eigenvalue weighted by Gasteiger charge is 2.15. The fourth-order valence-electron chi connectivity index (χ4n) is 1.11. The van der Waals surface area contributed by atoms with Crippen LogP contribution in [0.5, 0.6) is 0 Å². The van der Waals surface area contributed by atoms with Crippen molar-refractivity contribution < 1.29 is 19.0 Å². The van der Waals surface area contributed by atoms with Gasteiger partial charge in [0.1, 0.15) is 6.73 Å². The van der Waals surface area contributed by atoms with E-state index in [-0.39, 0.29) is 18.1 Å². The Labute approximate surface area is 104 Å². The lowest BCUT2D eigenvalue weighted by atomic mass is 9.92. The zero-order valence-corrected chi connectivity index (χ0v) is 11.4. The van der Waals surface area contributed by atoms with Crippen LogP contribution in [0.1, 0.15) is 27.2 Å². The molecule has 5 heteroatoms. The molecular weight excluding hydrogens is 222 g/mol. The quantitative estimate of drug-likeness (QED) is 0.491. The van der Waals surface area contributed by atoms with Gasteiger partial charge in [-0.15, -0.1) is 0 Å². The summed E-state index contributed by atoms with van der Waals surface area (Å²) in [4.78, 5) is 11.4. The maximum Gasteiger partial charge on any atom is 0.222 e. The maximum atomic E-state index is 11.4. The third-order valence-corrected chi connectivity index (χ3v) is 1.87. The summed E-state index contributed by atoms with van der Waals surface area (Å²) >= 11 is 0. The number of hydrogen-bond acceptors (Lipinski definition) is 4. The van der Waals surface area contributed by atoms with Gasteiger partial charge in [0.2, 0.25) is 5.91 Å². The molecule has 0 saturated carbocycles. The highest BCUT2D eigenvalue weighted by atomic mass is 16.5. The molecule has 0 bridgehead atoms. The molecule has 102 valence electrons. The van der Waals surface area contributed by atoms with Gasteiger partial charge < -0.3 is 19.5 Å². The molecule has 0 aliphatic carbocycles. The van der Waals surface area contributed by atoms with Crippen molar-refractivity contribution in [3.05, 3.63) is 0 Å². The number of amides is 1. The minimum Gasteiger partial charge on any atom is -0.382 e. The zero-order valence-electron chi connectivity index (χ0n) is 11.4. The molecule has 0 aromatic heterocycles. The second-order valence-corrected chi connectivity index (χ2v) is 5.00. The number of methoxy groups -OCH3 is 1. The van der Waals surface area contributed by atoms with Gasteiger partial charge in [-0.3, -0.25) is 4.79 Å². The van der Waals surface area contributed by atoms with Gasteiger partial charge >= 0.3 is 0 Å². The third-order valence-electron chi connectivity index (χ3n) is 1.87. The van der Waals surface area contributed by atoms with Crippen LogP contribution >= 0.6 is 0 Å². The molecule has 1 N–H and O–H groups in total. The second-order valence-electron chi connectivity index (χ2n) is 5.00. The first kappa shape index (κ1) is 16.4. The molecule has 5 nitrogen and oxygen atoms in total. The summed E-state index contributed by atoms with van der Waals surface area (Å²) < 4.78 is 15.2. The second kappa shape index (κ2) is 9.39. The first-order chi connectivity index (χ1) is 7.95. The van der Waals surface area contributed by atoms with E-state index in [0.29, 0.717) is 32.8 Å². The zero-order chi connectivity index (χ0) is 13.1. The maximum absolute atomic E-state index is 11.4. The fourth-order valence-corrected chi connectivity index (χ4v) is 1.11. The summed E-state index contributed by atoms with van der Waals surface area (Å²) in [7, 11) is 1.63. The molecule has 0 fully saturated rings. The minimum absolute atomic E-state index is 0.00729. The van der Waals surface area contributed by atoms with E-state index < -0.39 is 0 Å². The molecule has 0 unspecified atom stereocenters. The van der Waals surface area contributed by atoms with Crippen molar-refractivity contribution in [2.75, 3.05) is 40.3 Å². The van der Waals surface area contributed by atoms with Crippen molar-refractivity contribution in [3.8, 4) is 0 Å². The summed E-state index contributed by atoms with van der Waals surface area (Å²) in [6.07, 6.45) is 0.501. The summed E-state index contributed by atoms with van der Waals surface area (Å²) in [6, 6.07) is 0. The van der Waals surface area contributed by atoms with E-state index in [0.717, 1.165) is 0 Å². The molecule has 0 aliphatic heterocycles. The normalized spacial score (nSPS) is 11.5. The number of carbonyl (C=O) groups is 1. The molecule has 0 spiro atoms. The van der Waals surface area contributed by atoms with Crippen molar-refractivity contribution in [1.82, 2.24) is 5.32 Å². The van der Waals surface area contributed by atoms with E-state index in [4.69, 9.17) is 14.2 Å². The highest BCUT2D eigenvalue weighted by molar-refractivity contribution is 5.76. The lowest BCUT2D eigenvalue weighted by Crippen LogP contribution is -2.30. The lowest BCUT2D eigenvalue weighted by Gasteiger charge is -2.17. The molecule has 0 aromatic rings. The summed E-state index contributed by atoms with van der Waals surface area (Å²) in [5.74, 6) is 0.0119. The Morgan fingerprint density at radius 1 is 1.06 bits per heavy atom. The van der Waals surface area contributed by atoms with Gasteiger partial charge in [-0.05, 0) is 5.41 Å². The van der Waals surface area contributed by atoms with E-state index in [2.05, 4.69) is 5.32 Å². The van der Waals surface area contributed by atoms with Gasteiger partial charge in [-0.25, -0.2) is 0 Å². The van der Waals surface area contributed by atoms with Crippen LogP contribution in [0.3, 0.4) is 0 Å². The Hall–Kier alpha value is -0.650. The van der Waals surface area contributed by atoms with Crippen molar-refractivity contribution >= 4 is 5.91 Å². The predicted octanol–water partition coefficient (Wildman–Crippen LogP) is 1.18. The van der Waals surface area contributed by atoms with E-state index >= 15 is 0 Å². The largest absolute Gasteiger partial charge is 0.382 e. The molecule has 0 atom stereocenters. The van der Waals surface area contributed by atoms with Crippen LogP contribution in [-0.4, -0.2) is 46.2 Å². The van der Waals surface area contributed by atoms with Crippen molar-refractivity contribution in [2.24, 2.45) is 5.41 Å². The number of hydrogen-bond donors (Lipinski definition) is 1. The lowest BCUT2D eigenvalue weighted by molar-refractivity contribution is -0.124. The SMILES string of the molecule is COCCOCCOCNC(=O)CC(C)(C)C. The molecule has 0 heterocycles. The predicted molar refractivity (Wildman–Crippen MR) is 65.7 cm³/mol. The van der Waals surface area contributed by atoms with Crippen LogP contribution in [0.2, 0.25) is 0 Å². The van der Waals surface area contributed by atoms with E-state index in [1.54, 1.807) is 7.11 Å². The van der Waals surface area contributed by atoms with Crippen molar-refractivity contribution in [2.45, 2.75) is 27.2 Å². The van der Waals surface area contributed by atoms with Crippen LogP contribution < -0.4 is 5.32 Å². The average molecular weight is 247 g/mol. The van der Waals surface area contributed by atoms with Crippen LogP contribution in [-0.2, 0) is 19.0 Å². The fraction of sp³-hybridized carbons (Fsp3) is 0.917. The Bertz CT molecular complexity index is 201. The van der Waals surface area contributed by atoms with E-state index in [1.165, 1.54) is 0 Å². The monoisotopic (exact) mass is 247 g/mol. The van der Waals surface area contributed by atoms with Gasteiger partial charge in [0.25, 0.3) is 0 Å². The first-order valence-corrected chi connectivity index (χ1v) is 5.87. The van der Waals surface area contributed by atoms with Crippen LogP contribution in [0.4, 0.5) is 0 Å². The van der Waals surface area contributed by atoms with Crippen molar-refractivity contribution in [1.29, 1.82) is 0 Å². The Kier molecular flexibility index (Phi) is 9.03. The van der Waals surface area contributed by atoms with E-state index in [9.17, 15) is 4.79 Å².